The Morgan fingerprint density at radius 3 is 1.58 bits per heavy atom. The van der Waals surface area contributed by atoms with E-state index >= 15 is 0 Å². The third kappa shape index (κ3) is 5.69. The fourth-order valence-corrected chi connectivity index (χ4v) is 3.46. The van der Waals surface area contributed by atoms with E-state index in [1.54, 1.807) is 48.5 Å². The first-order chi connectivity index (χ1) is 14.8. The van der Waals surface area contributed by atoms with Crippen molar-refractivity contribution >= 4 is 23.8 Å². The minimum absolute atomic E-state index is 0.499. The SMILES string of the molecule is COC(=O)C(C(=O)OC)[C@H](C)[C@H](NC(=O)C(c1ccccc1)c1ccccc1)C(N)=O. The number of benzene rings is 2. The van der Waals surface area contributed by atoms with Crippen LogP contribution in [0, 0.1) is 11.8 Å². The standard InChI is InChI=1S/C23H26N2O6/c1-14(17(22(28)30-2)23(29)31-3)19(20(24)26)25-21(27)18(15-10-6-4-7-11-15)16-12-8-5-9-13-16/h4-14,17-19H,1-3H3,(H2,24,26)(H,25,27)/t14-,19-/m0/s1. The lowest BCUT2D eigenvalue weighted by Gasteiger charge is -2.28. The Morgan fingerprint density at radius 2 is 1.23 bits per heavy atom. The topological polar surface area (TPSA) is 125 Å². The van der Waals surface area contributed by atoms with Crippen LogP contribution < -0.4 is 11.1 Å². The number of hydrogen-bond acceptors (Lipinski definition) is 6. The summed E-state index contributed by atoms with van der Waals surface area (Å²) in [6, 6.07) is 16.7. The van der Waals surface area contributed by atoms with Crippen molar-refractivity contribution in [1.82, 2.24) is 5.32 Å². The maximum atomic E-state index is 13.3. The van der Waals surface area contributed by atoms with Gasteiger partial charge >= 0.3 is 11.9 Å². The summed E-state index contributed by atoms with van der Waals surface area (Å²) < 4.78 is 9.35. The van der Waals surface area contributed by atoms with Crippen molar-refractivity contribution in [2.24, 2.45) is 17.6 Å². The molecule has 0 saturated carbocycles. The lowest BCUT2D eigenvalue weighted by molar-refractivity contribution is -0.162. The van der Waals surface area contributed by atoms with Gasteiger partial charge in [0, 0.05) is 5.92 Å². The number of ether oxygens (including phenoxy) is 2. The smallest absolute Gasteiger partial charge is 0.320 e. The van der Waals surface area contributed by atoms with Crippen LogP contribution in [-0.2, 0) is 28.7 Å². The van der Waals surface area contributed by atoms with E-state index in [-0.39, 0.29) is 0 Å². The summed E-state index contributed by atoms with van der Waals surface area (Å²) in [6.07, 6.45) is 0. The fourth-order valence-electron chi connectivity index (χ4n) is 3.46. The lowest BCUT2D eigenvalue weighted by atomic mass is 9.85. The van der Waals surface area contributed by atoms with Crippen molar-refractivity contribution in [3.8, 4) is 0 Å². The molecule has 8 nitrogen and oxygen atoms in total. The molecule has 0 aliphatic heterocycles. The maximum absolute atomic E-state index is 13.3. The highest BCUT2D eigenvalue weighted by Crippen LogP contribution is 2.26. The van der Waals surface area contributed by atoms with E-state index in [1.807, 2.05) is 12.1 Å². The van der Waals surface area contributed by atoms with Crippen LogP contribution in [0.1, 0.15) is 24.0 Å². The molecule has 2 aromatic rings. The number of esters is 2. The van der Waals surface area contributed by atoms with E-state index in [9.17, 15) is 19.2 Å². The van der Waals surface area contributed by atoms with E-state index in [4.69, 9.17) is 5.73 Å². The first kappa shape index (κ1) is 23.6. The first-order valence-corrected chi connectivity index (χ1v) is 9.67. The van der Waals surface area contributed by atoms with Gasteiger partial charge in [-0.15, -0.1) is 0 Å². The number of methoxy groups -OCH3 is 2. The van der Waals surface area contributed by atoms with Gasteiger partial charge in [-0.2, -0.15) is 0 Å². The van der Waals surface area contributed by atoms with Gasteiger partial charge < -0.3 is 20.5 Å². The maximum Gasteiger partial charge on any atom is 0.320 e. The van der Waals surface area contributed by atoms with Crippen LogP contribution >= 0.6 is 0 Å². The third-order valence-corrected chi connectivity index (χ3v) is 5.09. The van der Waals surface area contributed by atoms with Gasteiger partial charge in [-0.25, -0.2) is 0 Å². The average Bonchev–Trinajstić information content (AvgIpc) is 2.78. The van der Waals surface area contributed by atoms with Crippen LogP contribution in [0.15, 0.2) is 60.7 Å². The molecular weight excluding hydrogens is 400 g/mol. The van der Waals surface area contributed by atoms with Crippen LogP contribution in [0.2, 0.25) is 0 Å². The van der Waals surface area contributed by atoms with Crippen LogP contribution in [-0.4, -0.2) is 44.0 Å². The molecule has 3 N–H and O–H groups in total. The number of nitrogens with one attached hydrogen (secondary N) is 1. The zero-order chi connectivity index (χ0) is 23.0. The number of hydrogen-bond donors (Lipinski definition) is 2. The minimum atomic E-state index is -1.43. The van der Waals surface area contributed by atoms with Crippen molar-refractivity contribution in [3.05, 3.63) is 71.8 Å². The Labute approximate surface area is 180 Å². The second kappa shape index (κ2) is 10.9. The van der Waals surface area contributed by atoms with Crippen LogP contribution in [0.3, 0.4) is 0 Å². The molecule has 0 unspecified atom stereocenters. The quantitative estimate of drug-likeness (QED) is 0.461. The summed E-state index contributed by atoms with van der Waals surface area (Å²) in [5.74, 6) is -6.33. The Balaban J connectivity index is 2.39. The predicted molar refractivity (Wildman–Crippen MR) is 113 cm³/mol. The Hall–Kier alpha value is -3.68. The molecule has 31 heavy (non-hydrogen) atoms. The highest BCUT2D eigenvalue weighted by molar-refractivity contribution is 5.97. The molecule has 2 aromatic carbocycles. The summed E-state index contributed by atoms with van der Waals surface area (Å²) in [6.45, 7) is 1.45. The van der Waals surface area contributed by atoms with Gasteiger partial charge in [0.15, 0.2) is 5.92 Å². The summed E-state index contributed by atoms with van der Waals surface area (Å²) >= 11 is 0. The van der Waals surface area contributed by atoms with E-state index in [0.717, 1.165) is 14.2 Å². The van der Waals surface area contributed by atoms with Gasteiger partial charge in [-0.05, 0) is 11.1 Å². The van der Waals surface area contributed by atoms with E-state index in [2.05, 4.69) is 14.8 Å². The van der Waals surface area contributed by atoms with Crippen molar-refractivity contribution in [1.29, 1.82) is 0 Å². The number of primary amides is 1. The molecular formula is C23H26N2O6. The molecule has 0 aliphatic rings. The normalized spacial score (nSPS) is 12.7. The molecule has 0 heterocycles. The molecule has 2 rings (SSSR count). The van der Waals surface area contributed by atoms with E-state index in [1.165, 1.54) is 6.92 Å². The van der Waals surface area contributed by atoms with Gasteiger partial charge in [0.05, 0.1) is 20.1 Å². The first-order valence-electron chi connectivity index (χ1n) is 9.67. The molecule has 0 fully saturated rings. The summed E-state index contributed by atoms with van der Waals surface area (Å²) in [5.41, 5.74) is 6.94. The average molecular weight is 426 g/mol. The third-order valence-electron chi connectivity index (χ3n) is 5.09. The summed E-state index contributed by atoms with van der Waals surface area (Å²) in [7, 11) is 2.23. The molecule has 8 heteroatoms. The highest BCUT2D eigenvalue weighted by Gasteiger charge is 2.42. The van der Waals surface area contributed by atoms with Crippen LogP contribution in [0.5, 0.6) is 0 Å². The molecule has 2 atom stereocenters. The second-order valence-corrected chi connectivity index (χ2v) is 7.03. The predicted octanol–water partition coefficient (Wildman–Crippen LogP) is 1.39. The van der Waals surface area contributed by atoms with Gasteiger partial charge in [-0.1, -0.05) is 67.6 Å². The number of carbonyl (C=O) groups is 4. The van der Waals surface area contributed by atoms with Crippen molar-refractivity contribution in [2.45, 2.75) is 18.9 Å². The monoisotopic (exact) mass is 426 g/mol. The molecule has 0 saturated heterocycles. The summed E-state index contributed by atoms with van der Waals surface area (Å²) in [5, 5.41) is 2.62. The molecule has 164 valence electrons. The Kier molecular flexibility index (Phi) is 8.31. The molecule has 0 radical (unpaired) electrons. The number of amides is 2. The van der Waals surface area contributed by atoms with Crippen molar-refractivity contribution < 1.29 is 28.7 Å². The second-order valence-electron chi connectivity index (χ2n) is 7.03. The van der Waals surface area contributed by atoms with Crippen LogP contribution in [0.4, 0.5) is 0 Å². The highest BCUT2D eigenvalue weighted by atomic mass is 16.5. The Bertz CT molecular complexity index is 861. The van der Waals surface area contributed by atoms with Gasteiger partial charge in [0.1, 0.15) is 6.04 Å². The molecule has 0 bridgehead atoms. The zero-order valence-electron chi connectivity index (χ0n) is 17.6. The number of rotatable bonds is 9. The summed E-state index contributed by atoms with van der Waals surface area (Å²) in [4.78, 5) is 49.8. The van der Waals surface area contributed by atoms with E-state index < -0.39 is 47.5 Å². The van der Waals surface area contributed by atoms with Gasteiger partial charge in [0.2, 0.25) is 11.8 Å². The lowest BCUT2D eigenvalue weighted by Crippen LogP contribution is -2.53. The van der Waals surface area contributed by atoms with Gasteiger partial charge in [-0.3, -0.25) is 19.2 Å². The van der Waals surface area contributed by atoms with Crippen molar-refractivity contribution in [3.63, 3.8) is 0 Å². The van der Waals surface area contributed by atoms with Crippen LogP contribution in [0.25, 0.3) is 0 Å². The largest absolute Gasteiger partial charge is 0.468 e. The van der Waals surface area contributed by atoms with Crippen molar-refractivity contribution in [2.75, 3.05) is 14.2 Å². The zero-order valence-corrected chi connectivity index (χ0v) is 17.6. The van der Waals surface area contributed by atoms with Gasteiger partial charge in [0.25, 0.3) is 0 Å². The molecule has 2 amide bonds. The Morgan fingerprint density at radius 1 is 0.806 bits per heavy atom. The fraction of sp³-hybridized carbons (Fsp3) is 0.304. The molecule has 0 aromatic heterocycles. The molecule has 0 spiro atoms. The minimum Gasteiger partial charge on any atom is -0.468 e. The molecule has 0 aliphatic carbocycles. The number of nitrogens with two attached hydrogens (primary N) is 1. The number of carbonyl (C=O) groups excluding carboxylic acids is 4. The van der Waals surface area contributed by atoms with E-state index in [0.29, 0.717) is 11.1 Å².